The van der Waals surface area contributed by atoms with Gasteiger partial charge in [-0.25, -0.2) is 18.4 Å². The topological polar surface area (TPSA) is 126 Å². The summed E-state index contributed by atoms with van der Waals surface area (Å²) < 4.78 is 35.1. The Hall–Kier alpha value is -3.41. The Labute approximate surface area is 179 Å². The molecule has 0 spiro atoms. The van der Waals surface area contributed by atoms with Crippen LogP contribution in [0.3, 0.4) is 0 Å². The lowest BCUT2D eigenvalue weighted by molar-refractivity contribution is 0.0737. The molecular formula is C19H23N7O4S. The fraction of sp³-hybridized carbons (Fsp3) is 0.368. The number of nitrogens with zero attached hydrogens (tertiary/aromatic N) is 6. The van der Waals surface area contributed by atoms with Gasteiger partial charge in [-0.15, -0.1) is 0 Å². The lowest BCUT2D eigenvalue weighted by Gasteiger charge is -2.35. The number of anilines is 2. The molecule has 1 N–H and O–H groups in total. The van der Waals surface area contributed by atoms with Gasteiger partial charge < -0.3 is 18.9 Å². The van der Waals surface area contributed by atoms with Crippen LogP contribution in [0, 0.1) is 13.8 Å². The van der Waals surface area contributed by atoms with Crippen molar-refractivity contribution in [2.45, 2.75) is 18.7 Å². The normalized spacial score (nSPS) is 14.7. The largest absolute Gasteiger partial charge is 0.360 e. The summed E-state index contributed by atoms with van der Waals surface area (Å²) in [4.78, 5) is 24.9. The average molecular weight is 446 g/mol. The quantitative estimate of drug-likeness (QED) is 0.620. The second kappa shape index (κ2) is 8.02. The first kappa shape index (κ1) is 20.8. The maximum Gasteiger partial charge on any atom is 0.270 e. The van der Waals surface area contributed by atoms with Crippen molar-refractivity contribution >= 4 is 27.6 Å². The molecule has 1 fully saturated rings. The van der Waals surface area contributed by atoms with Crippen LogP contribution in [-0.4, -0.2) is 65.1 Å². The molecule has 4 rings (SSSR count). The summed E-state index contributed by atoms with van der Waals surface area (Å²) in [6.07, 6.45) is 4.76. The maximum absolute atomic E-state index is 12.9. The van der Waals surface area contributed by atoms with Gasteiger partial charge in [-0.2, -0.15) is 0 Å². The van der Waals surface area contributed by atoms with Gasteiger partial charge in [-0.1, -0.05) is 5.16 Å². The first-order valence-electron chi connectivity index (χ1n) is 9.70. The van der Waals surface area contributed by atoms with E-state index >= 15 is 0 Å². The molecule has 0 bridgehead atoms. The average Bonchev–Trinajstić information content (AvgIpc) is 3.32. The molecule has 1 saturated heterocycles. The molecule has 11 nitrogen and oxygen atoms in total. The summed E-state index contributed by atoms with van der Waals surface area (Å²) in [5, 5.41) is 3.71. The van der Waals surface area contributed by atoms with E-state index in [1.54, 1.807) is 22.5 Å². The van der Waals surface area contributed by atoms with Gasteiger partial charge in [-0.05, 0) is 26.0 Å². The van der Waals surface area contributed by atoms with Crippen LogP contribution in [0.25, 0.3) is 0 Å². The van der Waals surface area contributed by atoms with E-state index in [4.69, 9.17) is 4.52 Å². The number of aryl methyl sites for hydroxylation is 3. The van der Waals surface area contributed by atoms with Crippen molar-refractivity contribution in [1.82, 2.24) is 24.6 Å². The molecule has 0 aromatic carbocycles. The summed E-state index contributed by atoms with van der Waals surface area (Å²) in [6, 6.07) is 3.62. The van der Waals surface area contributed by atoms with Gasteiger partial charge in [-0.3, -0.25) is 9.52 Å². The molecule has 3 aromatic rings. The fourth-order valence-corrected chi connectivity index (χ4v) is 4.98. The number of rotatable bonds is 5. The lowest BCUT2D eigenvalue weighted by Crippen LogP contribution is -2.49. The van der Waals surface area contributed by atoms with E-state index in [1.807, 2.05) is 24.2 Å². The molecular weight excluding hydrogens is 422 g/mol. The van der Waals surface area contributed by atoms with E-state index in [0.717, 1.165) is 0 Å². The zero-order chi connectivity index (χ0) is 22.2. The van der Waals surface area contributed by atoms with Gasteiger partial charge in [0.05, 0.1) is 0 Å². The number of amides is 1. The van der Waals surface area contributed by atoms with Crippen LogP contribution in [0.5, 0.6) is 0 Å². The highest BCUT2D eigenvalue weighted by Crippen LogP contribution is 2.27. The Morgan fingerprint density at radius 2 is 1.84 bits per heavy atom. The molecule has 0 aliphatic carbocycles. The highest BCUT2D eigenvalue weighted by atomic mass is 32.2. The number of hydrogen-bond donors (Lipinski definition) is 1. The molecule has 31 heavy (non-hydrogen) atoms. The minimum absolute atomic E-state index is 0.0120. The molecule has 3 aromatic heterocycles. The van der Waals surface area contributed by atoms with E-state index in [1.165, 1.54) is 19.3 Å². The Bertz CT molecular complexity index is 1190. The summed E-state index contributed by atoms with van der Waals surface area (Å²) >= 11 is 0. The molecule has 164 valence electrons. The first-order chi connectivity index (χ1) is 14.8. The highest BCUT2D eigenvalue weighted by Gasteiger charge is 2.29. The summed E-state index contributed by atoms with van der Waals surface area (Å²) in [6.45, 7) is 5.05. The molecule has 0 saturated carbocycles. The van der Waals surface area contributed by atoms with Gasteiger partial charge in [0, 0.05) is 51.8 Å². The molecule has 1 aliphatic rings. The fourth-order valence-electron chi connectivity index (χ4n) is 3.64. The van der Waals surface area contributed by atoms with E-state index in [9.17, 15) is 13.2 Å². The van der Waals surface area contributed by atoms with Crippen molar-refractivity contribution in [3.05, 3.63) is 47.9 Å². The van der Waals surface area contributed by atoms with Crippen LogP contribution in [0.1, 0.15) is 21.9 Å². The summed E-state index contributed by atoms with van der Waals surface area (Å²) in [5.74, 6) is 0.683. The van der Waals surface area contributed by atoms with Crippen LogP contribution in [-0.2, 0) is 17.1 Å². The second-order valence-electron chi connectivity index (χ2n) is 7.27. The summed E-state index contributed by atoms with van der Waals surface area (Å²) in [7, 11) is -2.12. The van der Waals surface area contributed by atoms with Crippen LogP contribution in [0.4, 0.5) is 11.6 Å². The predicted octanol–water partition coefficient (Wildman–Crippen LogP) is 1.18. The zero-order valence-corrected chi connectivity index (χ0v) is 18.3. The van der Waals surface area contributed by atoms with Gasteiger partial charge in [0.25, 0.3) is 15.9 Å². The third-order valence-electron chi connectivity index (χ3n) is 5.18. The van der Waals surface area contributed by atoms with Crippen molar-refractivity contribution in [3.63, 3.8) is 0 Å². The minimum atomic E-state index is -3.95. The summed E-state index contributed by atoms with van der Waals surface area (Å²) in [5.41, 5.74) is 0.893. The van der Waals surface area contributed by atoms with Crippen molar-refractivity contribution in [2.24, 2.45) is 7.05 Å². The Kier molecular flexibility index (Phi) is 5.39. The number of sulfonamides is 1. The molecule has 1 amide bonds. The van der Waals surface area contributed by atoms with Crippen molar-refractivity contribution < 1.29 is 17.7 Å². The standard InChI is InChI=1S/C19H23N7O4S/c1-13-16(14(2)30-22-13)31(28,29)23-17-18(21-7-6-20-17)25-9-11-26(12-10-25)19(27)15-5-4-8-24(15)3/h4-8H,9-12H2,1-3H3,(H,20,23). The molecule has 4 heterocycles. The number of nitrogens with one attached hydrogen (secondary N) is 1. The number of carbonyl (C=O) groups is 1. The van der Waals surface area contributed by atoms with Crippen molar-refractivity contribution in [1.29, 1.82) is 0 Å². The zero-order valence-electron chi connectivity index (χ0n) is 17.4. The Morgan fingerprint density at radius 3 is 2.45 bits per heavy atom. The van der Waals surface area contributed by atoms with Gasteiger partial charge >= 0.3 is 0 Å². The van der Waals surface area contributed by atoms with E-state index < -0.39 is 10.0 Å². The van der Waals surface area contributed by atoms with E-state index in [0.29, 0.717) is 37.7 Å². The molecule has 0 radical (unpaired) electrons. The molecule has 1 aliphatic heterocycles. The van der Waals surface area contributed by atoms with Crippen molar-refractivity contribution in [3.8, 4) is 0 Å². The van der Waals surface area contributed by atoms with E-state index in [2.05, 4.69) is 19.8 Å². The smallest absolute Gasteiger partial charge is 0.270 e. The third kappa shape index (κ3) is 3.98. The van der Waals surface area contributed by atoms with Crippen LogP contribution in [0.15, 0.2) is 40.1 Å². The van der Waals surface area contributed by atoms with Gasteiger partial charge in [0.15, 0.2) is 22.3 Å². The van der Waals surface area contributed by atoms with Crippen LogP contribution < -0.4 is 9.62 Å². The highest BCUT2D eigenvalue weighted by molar-refractivity contribution is 7.92. The Morgan fingerprint density at radius 1 is 1.13 bits per heavy atom. The minimum Gasteiger partial charge on any atom is -0.360 e. The second-order valence-corrected chi connectivity index (χ2v) is 8.89. The van der Waals surface area contributed by atoms with Crippen LogP contribution >= 0.6 is 0 Å². The first-order valence-corrected chi connectivity index (χ1v) is 11.2. The molecule has 12 heteroatoms. The molecule has 0 unspecified atom stereocenters. The number of piperazine rings is 1. The van der Waals surface area contributed by atoms with Gasteiger partial charge in [0.1, 0.15) is 11.4 Å². The molecule has 0 atom stereocenters. The lowest BCUT2D eigenvalue weighted by atomic mass is 10.2. The Balaban J connectivity index is 1.51. The van der Waals surface area contributed by atoms with Gasteiger partial charge in [0.2, 0.25) is 0 Å². The van der Waals surface area contributed by atoms with Crippen LogP contribution in [0.2, 0.25) is 0 Å². The number of hydrogen-bond acceptors (Lipinski definition) is 8. The van der Waals surface area contributed by atoms with E-state index in [-0.39, 0.29) is 28.1 Å². The monoisotopic (exact) mass is 445 g/mol. The number of aromatic nitrogens is 4. The van der Waals surface area contributed by atoms with Crippen molar-refractivity contribution in [2.75, 3.05) is 35.8 Å². The number of carbonyl (C=O) groups excluding carboxylic acids is 1. The maximum atomic E-state index is 12.9. The SMILES string of the molecule is Cc1noc(C)c1S(=O)(=O)Nc1nccnc1N1CCN(C(=O)c2cccn2C)CC1. The third-order valence-corrected chi connectivity index (χ3v) is 6.76. The predicted molar refractivity (Wildman–Crippen MR) is 112 cm³/mol.